The fraction of sp³-hybridized carbons (Fsp3) is 0.500. The molecule has 0 bridgehead atoms. The number of nitrogens with one attached hydrogen (secondary N) is 1. The van der Waals surface area contributed by atoms with Gasteiger partial charge in [0.1, 0.15) is 11.6 Å². The van der Waals surface area contributed by atoms with E-state index < -0.39 is 11.8 Å². The number of primary amides is 1. The van der Waals surface area contributed by atoms with Gasteiger partial charge in [-0.15, -0.1) is 0 Å². The minimum Gasteiger partial charge on any atom is -0.368 e. The molecule has 0 fully saturated rings. The minimum absolute atomic E-state index is 0.204. The Balaban J connectivity index is 0.000000735. The molecular formula is C22H32FN5O2. The van der Waals surface area contributed by atoms with Crippen molar-refractivity contribution in [2.24, 2.45) is 11.7 Å². The van der Waals surface area contributed by atoms with Crippen molar-refractivity contribution in [1.82, 2.24) is 19.8 Å². The first-order valence-corrected chi connectivity index (χ1v) is 10.2. The summed E-state index contributed by atoms with van der Waals surface area (Å²) in [6.07, 6.45) is 0.864. The molecule has 1 aliphatic rings. The van der Waals surface area contributed by atoms with Crippen LogP contribution < -0.4 is 11.1 Å². The molecule has 0 atom stereocenters. The molecule has 0 radical (unpaired) electrons. The average Bonchev–Trinajstić information content (AvgIpc) is 2.85. The van der Waals surface area contributed by atoms with Crippen LogP contribution in [0.1, 0.15) is 48.9 Å². The summed E-state index contributed by atoms with van der Waals surface area (Å²) in [7, 11) is 1.96. The van der Waals surface area contributed by atoms with E-state index >= 15 is 0 Å². The second-order valence-corrected chi connectivity index (χ2v) is 8.34. The quantitative estimate of drug-likeness (QED) is 0.800. The third kappa shape index (κ3) is 6.13. The number of hydrogen-bond donors (Lipinski definition) is 2. The van der Waals surface area contributed by atoms with Gasteiger partial charge in [-0.05, 0) is 50.6 Å². The first kappa shape index (κ1) is 23.5. The highest BCUT2D eigenvalue weighted by atomic mass is 19.1. The monoisotopic (exact) mass is 417 g/mol. The predicted molar refractivity (Wildman–Crippen MR) is 115 cm³/mol. The first-order valence-electron chi connectivity index (χ1n) is 10.2. The lowest BCUT2D eigenvalue weighted by Crippen LogP contribution is -2.34. The van der Waals surface area contributed by atoms with Gasteiger partial charge in [-0.25, -0.2) is 9.37 Å². The van der Waals surface area contributed by atoms with Gasteiger partial charge in [-0.1, -0.05) is 26.8 Å². The molecule has 1 aliphatic heterocycles. The van der Waals surface area contributed by atoms with E-state index in [2.05, 4.69) is 36.0 Å². The van der Waals surface area contributed by atoms with Crippen molar-refractivity contribution in [1.29, 1.82) is 0 Å². The summed E-state index contributed by atoms with van der Waals surface area (Å²) in [5, 5.41) is 2.47. The van der Waals surface area contributed by atoms with Crippen molar-refractivity contribution >= 4 is 11.8 Å². The fourth-order valence-corrected chi connectivity index (χ4v) is 3.16. The molecule has 30 heavy (non-hydrogen) atoms. The van der Waals surface area contributed by atoms with Gasteiger partial charge in [0.15, 0.2) is 5.69 Å². The molecule has 1 aromatic carbocycles. The Morgan fingerprint density at radius 3 is 2.53 bits per heavy atom. The summed E-state index contributed by atoms with van der Waals surface area (Å²) >= 11 is 0. The molecule has 3 N–H and O–H groups in total. The van der Waals surface area contributed by atoms with Crippen LogP contribution in [0.25, 0.3) is 11.4 Å². The lowest BCUT2D eigenvalue weighted by molar-refractivity contribution is -0.117. The molecule has 0 saturated carbocycles. The van der Waals surface area contributed by atoms with Crippen molar-refractivity contribution in [2.75, 3.05) is 20.1 Å². The number of amides is 2. The lowest BCUT2D eigenvalue weighted by Gasteiger charge is -2.13. The molecule has 0 unspecified atom stereocenters. The van der Waals surface area contributed by atoms with Crippen LogP contribution in [0.4, 0.5) is 4.39 Å². The van der Waals surface area contributed by atoms with Gasteiger partial charge in [-0.3, -0.25) is 9.59 Å². The topological polar surface area (TPSA) is 93.3 Å². The third-order valence-electron chi connectivity index (χ3n) is 4.42. The number of carbonyl (C=O) groups excluding carboxylic acids is 2. The van der Waals surface area contributed by atoms with E-state index in [1.54, 1.807) is 6.07 Å². The van der Waals surface area contributed by atoms with Gasteiger partial charge in [0, 0.05) is 13.1 Å². The van der Waals surface area contributed by atoms with E-state index in [9.17, 15) is 14.0 Å². The molecule has 2 heterocycles. The molecule has 2 amide bonds. The Bertz CT molecular complexity index is 904. The van der Waals surface area contributed by atoms with Crippen molar-refractivity contribution in [3.63, 3.8) is 0 Å². The summed E-state index contributed by atoms with van der Waals surface area (Å²) in [5.41, 5.74) is 7.18. The summed E-state index contributed by atoms with van der Waals surface area (Å²) < 4.78 is 16.4. The molecule has 7 nitrogen and oxygen atoms in total. The average molecular weight is 418 g/mol. The van der Waals surface area contributed by atoms with Gasteiger partial charge in [-0.2, -0.15) is 0 Å². The zero-order chi connectivity index (χ0) is 22.4. The van der Waals surface area contributed by atoms with Crippen molar-refractivity contribution in [3.05, 3.63) is 41.0 Å². The summed E-state index contributed by atoms with van der Waals surface area (Å²) in [6.45, 7) is 10.1. The Labute approximate surface area is 177 Å². The molecule has 0 saturated heterocycles. The van der Waals surface area contributed by atoms with E-state index in [0.717, 1.165) is 24.4 Å². The maximum Gasteiger partial charge on any atom is 0.272 e. The Morgan fingerprint density at radius 1 is 1.27 bits per heavy atom. The number of nitrogens with zero attached hydrogens (tertiary/aromatic N) is 3. The van der Waals surface area contributed by atoms with Crippen molar-refractivity contribution in [3.8, 4) is 11.4 Å². The predicted octanol–water partition coefficient (Wildman–Crippen LogP) is 2.71. The second kappa shape index (κ2) is 10.3. The van der Waals surface area contributed by atoms with E-state index in [0.29, 0.717) is 30.2 Å². The minimum atomic E-state index is -0.634. The van der Waals surface area contributed by atoms with Crippen LogP contribution in [0.3, 0.4) is 0 Å². The van der Waals surface area contributed by atoms with Crippen LogP contribution in [0.5, 0.6) is 0 Å². The molecule has 0 spiro atoms. The molecular weight excluding hydrogens is 385 g/mol. The number of imidazole rings is 1. The van der Waals surface area contributed by atoms with E-state index in [1.165, 1.54) is 6.07 Å². The second-order valence-electron chi connectivity index (χ2n) is 8.34. The molecule has 1 aromatic heterocycles. The summed E-state index contributed by atoms with van der Waals surface area (Å²) in [4.78, 5) is 30.0. The first-order chi connectivity index (χ1) is 14.1. The highest BCUT2D eigenvalue weighted by molar-refractivity contribution is 5.96. The van der Waals surface area contributed by atoms with Gasteiger partial charge in [0.2, 0.25) is 5.91 Å². The van der Waals surface area contributed by atoms with Crippen molar-refractivity contribution in [2.45, 2.75) is 47.2 Å². The number of halogens is 1. The normalized spacial score (nSPS) is 13.8. The van der Waals surface area contributed by atoms with Crippen LogP contribution >= 0.6 is 0 Å². The zero-order valence-electron chi connectivity index (χ0n) is 18.5. The van der Waals surface area contributed by atoms with Gasteiger partial charge in [0.05, 0.1) is 17.8 Å². The molecule has 0 aliphatic carbocycles. The van der Waals surface area contributed by atoms with Gasteiger partial charge < -0.3 is 20.5 Å². The van der Waals surface area contributed by atoms with Crippen LogP contribution in [0.15, 0.2) is 18.2 Å². The Kier molecular flexibility index (Phi) is 8.11. The lowest BCUT2D eigenvalue weighted by atomic mass is 10.1. The van der Waals surface area contributed by atoms with Crippen LogP contribution in [-0.2, 0) is 17.9 Å². The number of aromatic nitrogens is 2. The molecule has 3 rings (SSSR count). The number of fused-ring (bicyclic) bond motifs is 1. The number of benzene rings is 1. The number of hydrogen-bond acceptors (Lipinski definition) is 4. The molecule has 164 valence electrons. The van der Waals surface area contributed by atoms with Crippen LogP contribution in [-0.4, -0.2) is 46.4 Å². The van der Waals surface area contributed by atoms with Crippen molar-refractivity contribution < 1.29 is 14.0 Å². The summed E-state index contributed by atoms with van der Waals surface area (Å²) in [5.74, 6) is -0.233. The van der Waals surface area contributed by atoms with Gasteiger partial charge >= 0.3 is 0 Å². The fourth-order valence-electron chi connectivity index (χ4n) is 3.16. The number of carbonyl (C=O) groups is 2. The van der Waals surface area contributed by atoms with E-state index in [-0.39, 0.29) is 18.1 Å². The third-order valence-corrected chi connectivity index (χ3v) is 4.42. The van der Waals surface area contributed by atoms with Crippen LogP contribution in [0.2, 0.25) is 0 Å². The van der Waals surface area contributed by atoms with E-state index in [4.69, 9.17) is 5.73 Å². The number of aryl methyl sites for hydroxylation is 1. The van der Waals surface area contributed by atoms with E-state index in [1.807, 2.05) is 24.6 Å². The smallest absolute Gasteiger partial charge is 0.272 e. The summed E-state index contributed by atoms with van der Waals surface area (Å²) in [6, 6.07) is 4.95. The Morgan fingerprint density at radius 2 is 1.93 bits per heavy atom. The maximum absolute atomic E-state index is 14.5. The highest BCUT2D eigenvalue weighted by Gasteiger charge is 2.26. The zero-order valence-corrected chi connectivity index (χ0v) is 18.5. The number of nitrogens with two attached hydrogens (primary N) is 1. The largest absolute Gasteiger partial charge is 0.368 e. The van der Waals surface area contributed by atoms with Gasteiger partial charge in [0.25, 0.3) is 5.91 Å². The SMILES string of the molecule is CC(C)C.Cc1ccc(-c2nc(C(=O)NCC(N)=O)c3n2CCCN(C)C3)c(F)c1. The standard InChI is InChI=1S/C18H22FN5O2.C4H10/c1-11-4-5-12(13(19)8-11)17-22-16(18(26)21-9-15(20)25)14-10-23(2)6-3-7-24(14)17;1-4(2)3/h4-5,8H,3,6-7,9-10H2,1-2H3,(H2,20,25)(H,21,26);4H,1-3H3. The maximum atomic E-state index is 14.5. The van der Waals surface area contributed by atoms with Crippen LogP contribution in [0, 0.1) is 18.7 Å². The highest BCUT2D eigenvalue weighted by Crippen LogP contribution is 2.28. The Hall–Kier alpha value is -2.74. The molecule has 2 aromatic rings. The number of rotatable bonds is 4. The molecule has 8 heteroatoms.